The van der Waals surface area contributed by atoms with Crippen molar-refractivity contribution in [1.29, 1.82) is 0 Å². The first kappa shape index (κ1) is 12.9. The second-order valence-corrected chi connectivity index (χ2v) is 7.32. The van der Waals surface area contributed by atoms with Crippen LogP contribution in [0.4, 0.5) is 0 Å². The van der Waals surface area contributed by atoms with Crippen molar-refractivity contribution in [3.05, 3.63) is 35.4 Å². The smallest absolute Gasteiger partial charge is 0.00151 e. The van der Waals surface area contributed by atoms with Crippen molar-refractivity contribution < 1.29 is 0 Å². The van der Waals surface area contributed by atoms with Crippen molar-refractivity contribution in [2.24, 2.45) is 23.2 Å². The minimum atomic E-state index is 0.652. The first-order valence-corrected chi connectivity index (χ1v) is 8.62. The van der Waals surface area contributed by atoms with Gasteiger partial charge in [0.25, 0.3) is 0 Å². The quantitative estimate of drug-likeness (QED) is 0.817. The van der Waals surface area contributed by atoms with Crippen molar-refractivity contribution in [3.8, 4) is 0 Å². The van der Waals surface area contributed by atoms with Gasteiger partial charge in [-0.15, -0.1) is 0 Å². The molecule has 1 aromatic rings. The van der Waals surface area contributed by atoms with E-state index >= 15 is 0 Å². The molecule has 1 spiro atoms. The van der Waals surface area contributed by atoms with Gasteiger partial charge in [0.2, 0.25) is 0 Å². The van der Waals surface area contributed by atoms with Gasteiger partial charge in [0.05, 0.1) is 0 Å². The van der Waals surface area contributed by atoms with E-state index < -0.39 is 0 Å². The lowest BCUT2D eigenvalue weighted by Gasteiger charge is -2.49. The molecule has 3 aliphatic rings. The van der Waals surface area contributed by atoms with Gasteiger partial charge in [-0.2, -0.15) is 0 Å². The molecule has 1 saturated carbocycles. The zero-order chi connectivity index (χ0) is 13.6. The van der Waals surface area contributed by atoms with Crippen molar-refractivity contribution in [3.63, 3.8) is 0 Å². The van der Waals surface area contributed by atoms with E-state index in [4.69, 9.17) is 0 Å². The third-order valence-corrected chi connectivity index (χ3v) is 6.81. The van der Waals surface area contributed by atoms with Crippen LogP contribution in [0.5, 0.6) is 0 Å². The molecule has 0 radical (unpaired) electrons. The van der Waals surface area contributed by atoms with E-state index in [2.05, 4.69) is 36.5 Å². The second kappa shape index (κ2) is 4.87. The number of benzene rings is 1. The molecule has 3 unspecified atom stereocenters. The van der Waals surface area contributed by atoms with Gasteiger partial charge in [-0.1, -0.05) is 37.6 Å². The number of nitrogens with one attached hydrogen (secondary N) is 1. The summed E-state index contributed by atoms with van der Waals surface area (Å²) in [6, 6.07) is 9.27. The van der Waals surface area contributed by atoms with Crippen LogP contribution in [0.1, 0.15) is 43.7 Å². The zero-order valence-corrected chi connectivity index (χ0v) is 12.7. The van der Waals surface area contributed by atoms with Crippen LogP contribution in [0.2, 0.25) is 0 Å². The highest BCUT2D eigenvalue weighted by Crippen LogP contribution is 2.60. The summed E-state index contributed by atoms with van der Waals surface area (Å²) in [5, 5.41) is 3.67. The van der Waals surface area contributed by atoms with Crippen LogP contribution in [0.3, 0.4) is 0 Å². The highest BCUT2D eigenvalue weighted by atomic mass is 14.9. The Labute approximate surface area is 123 Å². The van der Waals surface area contributed by atoms with E-state index in [-0.39, 0.29) is 0 Å². The van der Waals surface area contributed by atoms with Crippen molar-refractivity contribution in [2.75, 3.05) is 13.1 Å². The lowest BCUT2D eigenvalue weighted by Crippen LogP contribution is -2.50. The lowest BCUT2D eigenvalue weighted by molar-refractivity contribution is 0.0149. The molecular formula is C19H27N. The van der Waals surface area contributed by atoms with E-state index in [1.54, 1.807) is 11.1 Å². The number of fused-ring (bicyclic) bond motifs is 1. The first-order valence-electron chi connectivity index (χ1n) is 8.62. The molecule has 2 aliphatic carbocycles. The van der Waals surface area contributed by atoms with Crippen LogP contribution in [0, 0.1) is 23.2 Å². The first-order chi connectivity index (χ1) is 9.84. The monoisotopic (exact) mass is 269 g/mol. The largest absolute Gasteiger partial charge is 0.316 e. The molecule has 20 heavy (non-hydrogen) atoms. The Morgan fingerprint density at radius 1 is 1.10 bits per heavy atom. The Kier molecular flexibility index (Phi) is 3.14. The average Bonchev–Trinajstić information content (AvgIpc) is 2.72. The normalized spacial score (nSPS) is 39.5. The molecular weight excluding hydrogens is 242 g/mol. The Hall–Kier alpha value is -0.820. The fourth-order valence-electron chi connectivity index (χ4n) is 5.92. The van der Waals surface area contributed by atoms with Crippen LogP contribution in [-0.4, -0.2) is 13.1 Å². The maximum absolute atomic E-state index is 3.67. The van der Waals surface area contributed by atoms with Gasteiger partial charge in [-0.25, -0.2) is 0 Å². The predicted molar refractivity (Wildman–Crippen MR) is 83.8 cm³/mol. The summed E-state index contributed by atoms with van der Waals surface area (Å²) in [7, 11) is 0. The fraction of sp³-hybridized carbons (Fsp3) is 0.684. The molecule has 1 N–H and O–H groups in total. The third-order valence-electron chi connectivity index (χ3n) is 6.81. The van der Waals surface area contributed by atoms with Crippen LogP contribution < -0.4 is 5.32 Å². The standard InChI is InChI=1S/C19H27N/c1-2-16-13-20-10-9-19(16)17-7-8-18(19)12-15-6-4-3-5-14(15)11-17/h3-6,16-18,20H,2,7-13H2,1H3. The average molecular weight is 269 g/mol. The van der Waals surface area contributed by atoms with Crippen LogP contribution in [-0.2, 0) is 12.8 Å². The van der Waals surface area contributed by atoms with E-state index in [1.165, 1.54) is 51.6 Å². The Morgan fingerprint density at radius 3 is 2.35 bits per heavy atom. The van der Waals surface area contributed by atoms with E-state index in [0.717, 1.165) is 17.8 Å². The van der Waals surface area contributed by atoms with Crippen LogP contribution in [0.25, 0.3) is 0 Å². The molecule has 2 bridgehead atoms. The van der Waals surface area contributed by atoms with Gasteiger partial charge in [-0.3, -0.25) is 0 Å². The summed E-state index contributed by atoms with van der Waals surface area (Å²) in [6.07, 6.45) is 8.45. The molecule has 1 saturated heterocycles. The molecule has 3 atom stereocenters. The van der Waals surface area contributed by atoms with Gasteiger partial charge in [0.1, 0.15) is 0 Å². The molecule has 4 rings (SSSR count). The van der Waals surface area contributed by atoms with Crippen molar-refractivity contribution >= 4 is 0 Å². The molecule has 1 aromatic carbocycles. The molecule has 0 amide bonds. The molecule has 0 aromatic heterocycles. The van der Waals surface area contributed by atoms with Crippen molar-refractivity contribution in [1.82, 2.24) is 5.32 Å². The SMILES string of the molecule is CCC1CNCCC12C1CCC2Cc2ccccc2C1. The van der Waals surface area contributed by atoms with E-state index in [0.29, 0.717) is 5.41 Å². The Morgan fingerprint density at radius 2 is 1.75 bits per heavy atom. The van der Waals surface area contributed by atoms with Crippen LogP contribution in [0.15, 0.2) is 24.3 Å². The highest BCUT2D eigenvalue weighted by molar-refractivity contribution is 5.31. The molecule has 1 aliphatic heterocycles. The summed E-state index contributed by atoms with van der Waals surface area (Å²) in [4.78, 5) is 0. The molecule has 1 nitrogen and oxygen atoms in total. The molecule has 1 heterocycles. The Bertz CT molecular complexity index is 459. The minimum absolute atomic E-state index is 0.652. The zero-order valence-electron chi connectivity index (χ0n) is 12.7. The van der Waals surface area contributed by atoms with Gasteiger partial charge >= 0.3 is 0 Å². The van der Waals surface area contributed by atoms with Gasteiger partial charge in [0, 0.05) is 0 Å². The summed E-state index contributed by atoms with van der Waals surface area (Å²) >= 11 is 0. The summed E-state index contributed by atoms with van der Waals surface area (Å²) < 4.78 is 0. The van der Waals surface area contributed by atoms with E-state index in [1.807, 2.05) is 0 Å². The van der Waals surface area contributed by atoms with Gasteiger partial charge in [0.15, 0.2) is 0 Å². The molecule has 1 heteroatoms. The second-order valence-electron chi connectivity index (χ2n) is 7.32. The highest BCUT2D eigenvalue weighted by Gasteiger charge is 2.55. The molecule has 2 fully saturated rings. The maximum Gasteiger partial charge on any atom is -0.00151 e. The van der Waals surface area contributed by atoms with Gasteiger partial charge in [-0.05, 0) is 79.5 Å². The predicted octanol–water partition coefficient (Wildman–Crippen LogP) is 3.82. The number of hydrogen-bond donors (Lipinski definition) is 1. The lowest BCUT2D eigenvalue weighted by atomic mass is 9.58. The summed E-state index contributed by atoms with van der Waals surface area (Å²) in [5.74, 6) is 2.80. The third kappa shape index (κ3) is 1.72. The van der Waals surface area contributed by atoms with Crippen molar-refractivity contribution in [2.45, 2.75) is 45.4 Å². The summed E-state index contributed by atoms with van der Waals surface area (Å²) in [6.45, 7) is 4.93. The number of rotatable bonds is 1. The summed E-state index contributed by atoms with van der Waals surface area (Å²) in [5.41, 5.74) is 3.97. The minimum Gasteiger partial charge on any atom is -0.316 e. The fourth-order valence-corrected chi connectivity index (χ4v) is 5.92. The van der Waals surface area contributed by atoms with E-state index in [9.17, 15) is 0 Å². The maximum atomic E-state index is 3.67. The Balaban J connectivity index is 1.76. The molecule has 108 valence electrons. The van der Waals surface area contributed by atoms with Gasteiger partial charge < -0.3 is 5.32 Å². The number of piperidine rings is 1. The number of hydrogen-bond acceptors (Lipinski definition) is 1. The van der Waals surface area contributed by atoms with Crippen LogP contribution >= 0.6 is 0 Å². The topological polar surface area (TPSA) is 12.0 Å².